The SMILES string of the molecule is CCc1cc(NCC(C)(O)c2ccco2)c2ccccc2n1. The Hall–Kier alpha value is -2.33. The van der Waals surface area contributed by atoms with Gasteiger partial charge in [-0.25, -0.2) is 0 Å². The minimum Gasteiger partial charge on any atom is -0.466 e. The van der Waals surface area contributed by atoms with Crippen LogP contribution in [0.3, 0.4) is 0 Å². The lowest BCUT2D eigenvalue weighted by molar-refractivity contribution is 0.0477. The van der Waals surface area contributed by atoms with E-state index in [1.807, 2.05) is 30.3 Å². The van der Waals surface area contributed by atoms with Gasteiger partial charge >= 0.3 is 0 Å². The van der Waals surface area contributed by atoms with Crippen LogP contribution in [0.4, 0.5) is 5.69 Å². The van der Waals surface area contributed by atoms with Gasteiger partial charge in [-0.3, -0.25) is 4.98 Å². The second-order valence-electron chi connectivity index (χ2n) is 5.64. The smallest absolute Gasteiger partial charge is 0.136 e. The third-order valence-corrected chi connectivity index (χ3v) is 3.81. The van der Waals surface area contributed by atoms with E-state index in [2.05, 4.69) is 17.2 Å². The zero-order chi connectivity index (χ0) is 15.6. The van der Waals surface area contributed by atoms with Crippen molar-refractivity contribution in [2.24, 2.45) is 0 Å². The van der Waals surface area contributed by atoms with Gasteiger partial charge in [0.1, 0.15) is 11.4 Å². The first-order valence-electron chi connectivity index (χ1n) is 7.49. The van der Waals surface area contributed by atoms with Crippen LogP contribution in [-0.2, 0) is 12.0 Å². The summed E-state index contributed by atoms with van der Waals surface area (Å²) in [7, 11) is 0. The summed E-state index contributed by atoms with van der Waals surface area (Å²) in [6, 6.07) is 13.6. The second-order valence-corrected chi connectivity index (χ2v) is 5.64. The molecular formula is C18H20N2O2. The number of aryl methyl sites for hydroxylation is 1. The Labute approximate surface area is 129 Å². The van der Waals surface area contributed by atoms with Gasteiger partial charge in [-0.05, 0) is 37.6 Å². The average Bonchev–Trinajstić information content (AvgIpc) is 3.07. The molecule has 0 bridgehead atoms. The summed E-state index contributed by atoms with van der Waals surface area (Å²) in [5.41, 5.74) is 1.90. The van der Waals surface area contributed by atoms with E-state index in [9.17, 15) is 5.11 Å². The number of aliphatic hydroxyl groups is 1. The number of fused-ring (bicyclic) bond motifs is 1. The molecule has 2 N–H and O–H groups in total. The minimum absolute atomic E-state index is 0.359. The van der Waals surface area contributed by atoms with Crippen molar-refractivity contribution < 1.29 is 9.52 Å². The Bertz CT molecular complexity index is 764. The molecule has 114 valence electrons. The van der Waals surface area contributed by atoms with Crippen molar-refractivity contribution in [3.63, 3.8) is 0 Å². The Kier molecular flexibility index (Phi) is 3.86. The second kappa shape index (κ2) is 5.81. The molecule has 0 saturated carbocycles. The summed E-state index contributed by atoms with van der Waals surface area (Å²) in [4.78, 5) is 4.63. The molecule has 1 aromatic carbocycles. The van der Waals surface area contributed by atoms with Crippen molar-refractivity contribution in [3.8, 4) is 0 Å². The van der Waals surface area contributed by atoms with Gasteiger partial charge in [-0.1, -0.05) is 25.1 Å². The zero-order valence-electron chi connectivity index (χ0n) is 12.8. The van der Waals surface area contributed by atoms with Crippen LogP contribution >= 0.6 is 0 Å². The third kappa shape index (κ3) is 2.83. The zero-order valence-corrected chi connectivity index (χ0v) is 12.8. The first kappa shape index (κ1) is 14.6. The van der Waals surface area contributed by atoms with E-state index in [1.165, 1.54) is 0 Å². The van der Waals surface area contributed by atoms with Crippen molar-refractivity contribution >= 4 is 16.6 Å². The largest absolute Gasteiger partial charge is 0.466 e. The van der Waals surface area contributed by atoms with Gasteiger partial charge in [0, 0.05) is 16.8 Å². The molecule has 1 atom stereocenters. The number of benzene rings is 1. The maximum atomic E-state index is 10.6. The highest BCUT2D eigenvalue weighted by molar-refractivity contribution is 5.91. The van der Waals surface area contributed by atoms with Crippen LogP contribution < -0.4 is 5.32 Å². The van der Waals surface area contributed by atoms with Crippen molar-refractivity contribution in [2.75, 3.05) is 11.9 Å². The molecular weight excluding hydrogens is 276 g/mol. The normalized spacial score (nSPS) is 14.0. The fourth-order valence-corrected chi connectivity index (χ4v) is 2.50. The first-order valence-corrected chi connectivity index (χ1v) is 7.49. The molecule has 0 fully saturated rings. The van der Waals surface area contributed by atoms with Crippen LogP contribution in [0.15, 0.2) is 53.1 Å². The molecule has 0 radical (unpaired) electrons. The van der Waals surface area contributed by atoms with E-state index in [0.717, 1.165) is 28.7 Å². The van der Waals surface area contributed by atoms with Crippen LogP contribution in [0.1, 0.15) is 25.3 Å². The number of hydrogen-bond donors (Lipinski definition) is 2. The number of hydrogen-bond acceptors (Lipinski definition) is 4. The summed E-state index contributed by atoms with van der Waals surface area (Å²) in [5.74, 6) is 0.550. The molecule has 0 spiro atoms. The Balaban J connectivity index is 1.90. The number of anilines is 1. The van der Waals surface area contributed by atoms with E-state index in [1.54, 1.807) is 25.3 Å². The maximum absolute atomic E-state index is 10.6. The number of pyridine rings is 1. The molecule has 0 amide bonds. The topological polar surface area (TPSA) is 58.3 Å². The Morgan fingerprint density at radius 1 is 1.23 bits per heavy atom. The molecule has 1 unspecified atom stereocenters. The number of para-hydroxylation sites is 1. The van der Waals surface area contributed by atoms with Crippen molar-refractivity contribution in [1.29, 1.82) is 0 Å². The lowest BCUT2D eigenvalue weighted by atomic mass is 10.0. The third-order valence-electron chi connectivity index (χ3n) is 3.81. The van der Waals surface area contributed by atoms with Gasteiger partial charge in [0.25, 0.3) is 0 Å². The molecule has 0 aliphatic carbocycles. The van der Waals surface area contributed by atoms with Crippen molar-refractivity contribution in [1.82, 2.24) is 4.98 Å². The van der Waals surface area contributed by atoms with E-state index in [4.69, 9.17) is 4.42 Å². The standard InChI is InChI=1S/C18H20N2O2/c1-3-13-11-16(14-7-4-5-8-15(14)20-13)19-12-18(2,21)17-9-6-10-22-17/h4-11,21H,3,12H2,1-2H3,(H,19,20). The summed E-state index contributed by atoms with van der Waals surface area (Å²) >= 11 is 0. The fraction of sp³-hybridized carbons (Fsp3) is 0.278. The predicted molar refractivity (Wildman–Crippen MR) is 87.9 cm³/mol. The summed E-state index contributed by atoms with van der Waals surface area (Å²) in [5, 5.41) is 15.0. The van der Waals surface area contributed by atoms with Crippen LogP contribution in [-0.4, -0.2) is 16.6 Å². The number of rotatable bonds is 5. The summed E-state index contributed by atoms with van der Waals surface area (Å²) < 4.78 is 5.32. The number of nitrogens with one attached hydrogen (secondary N) is 1. The highest BCUT2D eigenvalue weighted by Crippen LogP contribution is 2.26. The van der Waals surface area contributed by atoms with Gasteiger partial charge in [-0.15, -0.1) is 0 Å². The number of aromatic nitrogens is 1. The molecule has 22 heavy (non-hydrogen) atoms. The first-order chi connectivity index (χ1) is 10.6. The molecule has 3 rings (SSSR count). The summed E-state index contributed by atoms with van der Waals surface area (Å²) in [6.45, 7) is 4.18. The van der Waals surface area contributed by atoms with E-state index in [-0.39, 0.29) is 0 Å². The molecule has 0 aliphatic heterocycles. The van der Waals surface area contributed by atoms with Gasteiger partial charge in [-0.2, -0.15) is 0 Å². The molecule has 2 aromatic heterocycles. The number of nitrogens with zero attached hydrogens (tertiary/aromatic N) is 1. The quantitative estimate of drug-likeness (QED) is 0.753. The molecule has 0 aliphatic rings. The minimum atomic E-state index is -1.07. The summed E-state index contributed by atoms with van der Waals surface area (Å²) in [6.07, 6.45) is 2.44. The van der Waals surface area contributed by atoms with Gasteiger partial charge in [0.15, 0.2) is 0 Å². The molecule has 3 aromatic rings. The van der Waals surface area contributed by atoms with Crippen LogP contribution in [0.2, 0.25) is 0 Å². The molecule has 4 nitrogen and oxygen atoms in total. The highest BCUT2D eigenvalue weighted by atomic mass is 16.4. The highest BCUT2D eigenvalue weighted by Gasteiger charge is 2.26. The van der Waals surface area contributed by atoms with E-state index >= 15 is 0 Å². The van der Waals surface area contributed by atoms with Crippen LogP contribution in [0, 0.1) is 0 Å². The molecule has 0 saturated heterocycles. The van der Waals surface area contributed by atoms with Crippen LogP contribution in [0.5, 0.6) is 0 Å². The van der Waals surface area contributed by atoms with Crippen molar-refractivity contribution in [3.05, 3.63) is 60.2 Å². The number of furan rings is 1. The Morgan fingerprint density at radius 2 is 2.05 bits per heavy atom. The van der Waals surface area contributed by atoms with Gasteiger partial charge < -0.3 is 14.8 Å². The lowest BCUT2D eigenvalue weighted by Crippen LogP contribution is -2.30. The van der Waals surface area contributed by atoms with Gasteiger partial charge in [0.2, 0.25) is 0 Å². The van der Waals surface area contributed by atoms with E-state index < -0.39 is 5.60 Å². The fourth-order valence-electron chi connectivity index (χ4n) is 2.50. The average molecular weight is 296 g/mol. The Morgan fingerprint density at radius 3 is 2.77 bits per heavy atom. The van der Waals surface area contributed by atoms with Crippen LogP contribution in [0.25, 0.3) is 10.9 Å². The van der Waals surface area contributed by atoms with Crippen molar-refractivity contribution in [2.45, 2.75) is 25.9 Å². The lowest BCUT2D eigenvalue weighted by Gasteiger charge is -2.22. The molecule has 2 heterocycles. The van der Waals surface area contributed by atoms with E-state index in [0.29, 0.717) is 12.3 Å². The van der Waals surface area contributed by atoms with Gasteiger partial charge in [0.05, 0.1) is 18.3 Å². The maximum Gasteiger partial charge on any atom is 0.136 e. The predicted octanol–water partition coefficient (Wildman–Crippen LogP) is 3.71. The molecule has 4 heteroatoms. The monoisotopic (exact) mass is 296 g/mol.